The minimum atomic E-state index is 0.649. The maximum Gasteiger partial charge on any atom is 0.119 e. The Hall–Kier alpha value is -2.00. The van der Waals surface area contributed by atoms with Crippen molar-refractivity contribution in [3.63, 3.8) is 0 Å². The number of allylic oxidation sites excluding steroid dienone is 3. The molecular weight excluding hydrogens is 236 g/mol. The highest BCUT2D eigenvalue weighted by Gasteiger charge is 2.02. The molecule has 3 nitrogen and oxygen atoms in total. The van der Waals surface area contributed by atoms with E-state index in [1.165, 1.54) is 0 Å². The third-order valence-electron chi connectivity index (χ3n) is 2.70. The van der Waals surface area contributed by atoms with E-state index in [1.54, 1.807) is 6.08 Å². The minimum Gasteiger partial charge on any atom is -0.494 e. The van der Waals surface area contributed by atoms with Gasteiger partial charge in [0.1, 0.15) is 5.75 Å². The Morgan fingerprint density at radius 1 is 1.37 bits per heavy atom. The molecule has 0 saturated carbocycles. The predicted octanol–water partition coefficient (Wildman–Crippen LogP) is 3.11. The summed E-state index contributed by atoms with van der Waals surface area (Å²) in [6.07, 6.45) is 6.38. The second-order valence-corrected chi connectivity index (χ2v) is 4.13. The first-order chi connectivity index (χ1) is 9.19. The lowest BCUT2D eigenvalue weighted by Gasteiger charge is -2.19. The summed E-state index contributed by atoms with van der Waals surface area (Å²) in [5.74, 6) is 0.859. The second-order valence-electron chi connectivity index (χ2n) is 4.13. The zero-order valence-electron chi connectivity index (χ0n) is 11.5. The van der Waals surface area contributed by atoms with Crippen LogP contribution in [0.3, 0.4) is 0 Å². The largest absolute Gasteiger partial charge is 0.494 e. The van der Waals surface area contributed by atoms with Crippen molar-refractivity contribution in [2.75, 3.05) is 25.1 Å². The molecule has 0 bridgehead atoms. The van der Waals surface area contributed by atoms with E-state index in [9.17, 15) is 0 Å². The summed E-state index contributed by atoms with van der Waals surface area (Å²) in [4.78, 5) is 2.00. The van der Waals surface area contributed by atoms with Crippen LogP contribution in [-0.4, -0.2) is 20.2 Å². The monoisotopic (exact) mass is 258 g/mol. The van der Waals surface area contributed by atoms with Crippen molar-refractivity contribution in [3.05, 3.63) is 61.3 Å². The topological polar surface area (TPSA) is 38.5 Å². The molecule has 0 spiro atoms. The molecule has 3 heteroatoms. The second kappa shape index (κ2) is 8.16. The minimum absolute atomic E-state index is 0.649. The van der Waals surface area contributed by atoms with E-state index >= 15 is 0 Å². The van der Waals surface area contributed by atoms with Gasteiger partial charge in [-0.3, -0.25) is 0 Å². The summed E-state index contributed by atoms with van der Waals surface area (Å²) >= 11 is 0. The van der Waals surface area contributed by atoms with Gasteiger partial charge in [0.2, 0.25) is 0 Å². The fourth-order valence-electron chi connectivity index (χ4n) is 1.50. The van der Waals surface area contributed by atoms with E-state index in [1.807, 2.05) is 48.4 Å². The van der Waals surface area contributed by atoms with Crippen LogP contribution in [0, 0.1) is 0 Å². The van der Waals surface area contributed by atoms with Gasteiger partial charge in [0.05, 0.1) is 6.61 Å². The highest BCUT2D eigenvalue weighted by atomic mass is 16.5. The van der Waals surface area contributed by atoms with E-state index in [4.69, 9.17) is 10.5 Å². The molecule has 0 amide bonds. The standard InChI is InChI=1S/C16H22N2O/c1-4-5-7-14(2)18(3)15-8-10-16(11-9-15)19-13-6-12-17/h4-5,7-11H,1-2,6,12-13,17H2,3H3/b7-5-. The van der Waals surface area contributed by atoms with Gasteiger partial charge in [-0.05, 0) is 43.3 Å². The average molecular weight is 258 g/mol. The predicted molar refractivity (Wildman–Crippen MR) is 82.5 cm³/mol. The van der Waals surface area contributed by atoms with Gasteiger partial charge >= 0.3 is 0 Å². The van der Waals surface area contributed by atoms with Crippen LogP contribution in [0.5, 0.6) is 5.75 Å². The normalized spacial score (nSPS) is 10.4. The van der Waals surface area contributed by atoms with Gasteiger partial charge in [-0.1, -0.05) is 25.3 Å². The van der Waals surface area contributed by atoms with Crippen LogP contribution in [0.1, 0.15) is 6.42 Å². The molecule has 0 radical (unpaired) electrons. The summed E-state index contributed by atoms with van der Waals surface area (Å²) in [6.45, 7) is 8.94. The summed E-state index contributed by atoms with van der Waals surface area (Å²) < 4.78 is 5.56. The molecule has 1 aromatic carbocycles. The Bertz CT molecular complexity index is 435. The van der Waals surface area contributed by atoms with E-state index in [0.717, 1.165) is 23.6 Å². The van der Waals surface area contributed by atoms with Crippen molar-refractivity contribution >= 4 is 5.69 Å². The van der Waals surface area contributed by atoms with Crippen molar-refractivity contribution in [2.24, 2.45) is 5.73 Å². The smallest absolute Gasteiger partial charge is 0.119 e. The van der Waals surface area contributed by atoms with Crippen LogP contribution >= 0.6 is 0 Å². The van der Waals surface area contributed by atoms with Crippen molar-refractivity contribution in [3.8, 4) is 5.75 Å². The molecule has 1 aromatic rings. The highest BCUT2D eigenvalue weighted by Crippen LogP contribution is 2.21. The number of hydrogen-bond donors (Lipinski definition) is 1. The molecule has 2 N–H and O–H groups in total. The van der Waals surface area contributed by atoms with Crippen LogP contribution in [0.2, 0.25) is 0 Å². The van der Waals surface area contributed by atoms with Gasteiger partial charge in [-0.2, -0.15) is 0 Å². The number of hydrogen-bond acceptors (Lipinski definition) is 3. The van der Waals surface area contributed by atoms with Crippen molar-refractivity contribution in [1.29, 1.82) is 0 Å². The first-order valence-corrected chi connectivity index (χ1v) is 6.33. The summed E-state index contributed by atoms with van der Waals surface area (Å²) in [7, 11) is 1.97. The summed E-state index contributed by atoms with van der Waals surface area (Å²) in [5.41, 5.74) is 7.38. The van der Waals surface area contributed by atoms with Crippen molar-refractivity contribution in [2.45, 2.75) is 6.42 Å². The van der Waals surface area contributed by atoms with Gasteiger partial charge in [0, 0.05) is 18.4 Å². The molecule has 1 rings (SSSR count). The third-order valence-corrected chi connectivity index (χ3v) is 2.70. The molecule has 0 unspecified atom stereocenters. The van der Waals surface area contributed by atoms with Crippen molar-refractivity contribution < 1.29 is 4.74 Å². The Labute approximate surface area is 115 Å². The Morgan fingerprint density at radius 3 is 2.63 bits per heavy atom. The third kappa shape index (κ3) is 5.02. The highest BCUT2D eigenvalue weighted by molar-refractivity contribution is 5.54. The molecule has 0 aliphatic rings. The number of ether oxygens (including phenoxy) is 1. The molecule has 102 valence electrons. The molecule has 0 aliphatic carbocycles. The molecule has 0 fully saturated rings. The van der Waals surface area contributed by atoms with Gasteiger partial charge in [-0.25, -0.2) is 0 Å². The molecule has 0 atom stereocenters. The van der Waals surface area contributed by atoms with Gasteiger partial charge in [-0.15, -0.1) is 0 Å². The first kappa shape index (κ1) is 15.1. The number of likely N-dealkylation sites (N-methyl/N-ethyl adjacent to an activating group) is 1. The quantitative estimate of drug-likeness (QED) is 0.575. The van der Waals surface area contributed by atoms with E-state index in [0.29, 0.717) is 13.2 Å². The van der Waals surface area contributed by atoms with E-state index in [2.05, 4.69) is 13.2 Å². The number of nitrogens with two attached hydrogens (primary N) is 1. The van der Waals surface area contributed by atoms with Crippen LogP contribution in [0.25, 0.3) is 0 Å². The maximum absolute atomic E-state index is 5.56. The molecule has 0 heterocycles. The zero-order chi connectivity index (χ0) is 14.1. The Morgan fingerprint density at radius 2 is 2.05 bits per heavy atom. The Kier molecular flexibility index (Phi) is 6.47. The first-order valence-electron chi connectivity index (χ1n) is 6.33. The van der Waals surface area contributed by atoms with Crippen LogP contribution in [0.15, 0.2) is 61.3 Å². The lowest BCUT2D eigenvalue weighted by atomic mass is 10.2. The fraction of sp³-hybridized carbons (Fsp3) is 0.250. The Balaban J connectivity index is 2.62. The lowest BCUT2D eigenvalue weighted by Crippen LogP contribution is -2.13. The SMILES string of the molecule is C=C/C=C\C(=C)N(C)c1ccc(OCCCN)cc1. The number of benzene rings is 1. The summed E-state index contributed by atoms with van der Waals surface area (Å²) in [5, 5.41) is 0. The molecule has 0 aliphatic heterocycles. The number of anilines is 1. The number of rotatable bonds is 8. The van der Waals surface area contributed by atoms with Crippen molar-refractivity contribution in [1.82, 2.24) is 0 Å². The molecular formula is C16H22N2O. The lowest BCUT2D eigenvalue weighted by molar-refractivity contribution is 0.313. The molecule has 0 aromatic heterocycles. The van der Waals surface area contributed by atoms with Crippen LogP contribution in [0.4, 0.5) is 5.69 Å². The van der Waals surface area contributed by atoms with Crippen LogP contribution < -0.4 is 15.4 Å². The molecule has 0 saturated heterocycles. The molecule has 19 heavy (non-hydrogen) atoms. The van der Waals surface area contributed by atoms with Gasteiger partial charge < -0.3 is 15.4 Å². The van der Waals surface area contributed by atoms with Gasteiger partial charge in [0.15, 0.2) is 0 Å². The average Bonchev–Trinajstić information content (AvgIpc) is 2.45. The van der Waals surface area contributed by atoms with E-state index in [-0.39, 0.29) is 0 Å². The summed E-state index contributed by atoms with van der Waals surface area (Å²) in [6, 6.07) is 7.91. The zero-order valence-corrected chi connectivity index (χ0v) is 11.5. The van der Waals surface area contributed by atoms with Gasteiger partial charge in [0.25, 0.3) is 0 Å². The van der Waals surface area contributed by atoms with E-state index < -0.39 is 0 Å². The maximum atomic E-state index is 5.56. The van der Waals surface area contributed by atoms with Crippen LogP contribution in [-0.2, 0) is 0 Å². The fourth-order valence-corrected chi connectivity index (χ4v) is 1.50. The number of nitrogens with zero attached hydrogens (tertiary/aromatic N) is 1.